The summed E-state index contributed by atoms with van der Waals surface area (Å²) in [7, 11) is 0. The van der Waals surface area contributed by atoms with Gasteiger partial charge in [0.2, 0.25) is 0 Å². The van der Waals surface area contributed by atoms with E-state index in [0.29, 0.717) is 11.1 Å². The predicted molar refractivity (Wildman–Crippen MR) is 50.9 cm³/mol. The molecule has 14 heavy (non-hydrogen) atoms. The molecule has 0 saturated heterocycles. The second-order valence-corrected chi connectivity index (χ2v) is 3.09. The Hall–Kier alpha value is -1.25. The number of rotatable bonds is 3. The number of benzene rings is 1. The van der Waals surface area contributed by atoms with Crippen molar-refractivity contribution in [3.8, 4) is 0 Å². The van der Waals surface area contributed by atoms with Gasteiger partial charge in [-0.1, -0.05) is 30.4 Å². The Morgan fingerprint density at radius 3 is 2.50 bits per heavy atom. The largest absolute Gasteiger partial charge is 0.264 e. The molecule has 0 saturated carbocycles. The van der Waals surface area contributed by atoms with E-state index in [9.17, 15) is 13.2 Å². The molecule has 0 aliphatic rings. The summed E-state index contributed by atoms with van der Waals surface area (Å²) in [5.41, 5.74) is 0.883. The average molecular weight is 200 g/mol. The predicted octanol–water partition coefficient (Wildman–Crippen LogP) is 4.13. The summed E-state index contributed by atoms with van der Waals surface area (Å²) in [5, 5.41) is 0. The smallest absolute Gasteiger partial charge is 0.246 e. The van der Waals surface area contributed by atoms with Gasteiger partial charge < -0.3 is 0 Å². The highest BCUT2D eigenvalue weighted by molar-refractivity contribution is 5.65. The minimum atomic E-state index is -2.64. The van der Waals surface area contributed by atoms with Gasteiger partial charge in [-0.2, -0.15) is 0 Å². The monoisotopic (exact) mass is 200 g/mol. The molecule has 1 aromatic carbocycles. The summed E-state index contributed by atoms with van der Waals surface area (Å²) in [4.78, 5) is 0. The zero-order valence-corrected chi connectivity index (χ0v) is 7.86. The van der Waals surface area contributed by atoms with Crippen LogP contribution in [0.4, 0.5) is 13.2 Å². The summed E-state index contributed by atoms with van der Waals surface area (Å²) in [6.45, 7) is 4.41. The lowest BCUT2D eigenvalue weighted by Gasteiger charge is -2.11. The molecule has 0 radical (unpaired) electrons. The van der Waals surface area contributed by atoms with Crippen molar-refractivity contribution in [1.29, 1.82) is 0 Å². The Labute approximate surface area is 81.1 Å². The van der Waals surface area contributed by atoms with Gasteiger partial charge in [-0.3, -0.25) is 0 Å². The normalized spacial score (nSPS) is 10.6. The van der Waals surface area contributed by atoms with E-state index < -0.39 is 13.1 Å². The molecule has 0 aromatic heterocycles. The third kappa shape index (κ3) is 1.97. The fraction of sp³-hybridized carbons (Fsp3) is 0.273. The average Bonchev–Trinajstić information content (AvgIpc) is 2.16. The molecule has 0 aliphatic carbocycles. The van der Waals surface area contributed by atoms with Crippen molar-refractivity contribution in [2.24, 2.45) is 0 Å². The first-order valence-electron chi connectivity index (χ1n) is 4.19. The topological polar surface area (TPSA) is 0 Å². The second kappa shape index (κ2) is 4.31. The summed E-state index contributed by atoms with van der Waals surface area (Å²) < 4.78 is 37.5. The zero-order chi connectivity index (χ0) is 10.7. The Bertz CT molecular complexity index is 342. The van der Waals surface area contributed by atoms with Crippen LogP contribution >= 0.6 is 0 Å². The van der Waals surface area contributed by atoms with Gasteiger partial charge in [-0.05, 0) is 18.1 Å². The maximum absolute atomic E-state index is 12.6. The molecule has 1 aromatic rings. The Kier molecular flexibility index (Phi) is 3.33. The summed E-state index contributed by atoms with van der Waals surface area (Å²) >= 11 is 0. The highest BCUT2D eigenvalue weighted by Gasteiger charge is 2.15. The van der Waals surface area contributed by atoms with Crippen LogP contribution in [0.5, 0.6) is 0 Å². The van der Waals surface area contributed by atoms with Crippen molar-refractivity contribution in [2.75, 3.05) is 0 Å². The molecular weight excluding hydrogens is 189 g/mol. The van der Waals surface area contributed by atoms with Gasteiger partial charge in [0.25, 0.3) is 6.43 Å². The van der Waals surface area contributed by atoms with Gasteiger partial charge in [-0.15, -0.1) is 0 Å². The van der Waals surface area contributed by atoms with Crippen LogP contribution < -0.4 is 0 Å². The van der Waals surface area contributed by atoms with Crippen LogP contribution in [0.1, 0.15) is 30.0 Å². The van der Waals surface area contributed by atoms with Crippen molar-refractivity contribution < 1.29 is 13.2 Å². The fourth-order valence-corrected chi connectivity index (χ4v) is 1.36. The SMILES string of the molecule is C=C(C)c1cccc(C(F)F)c1CF. The van der Waals surface area contributed by atoms with Crippen molar-refractivity contribution in [3.63, 3.8) is 0 Å². The van der Waals surface area contributed by atoms with E-state index >= 15 is 0 Å². The molecule has 76 valence electrons. The maximum atomic E-state index is 12.6. The molecule has 0 spiro atoms. The minimum absolute atomic E-state index is 0.0509. The molecule has 0 heterocycles. The van der Waals surface area contributed by atoms with E-state index in [4.69, 9.17) is 0 Å². The fourth-order valence-electron chi connectivity index (χ4n) is 1.36. The van der Waals surface area contributed by atoms with Crippen LogP contribution in [-0.4, -0.2) is 0 Å². The first-order valence-corrected chi connectivity index (χ1v) is 4.19. The summed E-state index contributed by atoms with van der Waals surface area (Å²) in [6.07, 6.45) is -2.64. The van der Waals surface area contributed by atoms with E-state index in [1.807, 2.05) is 0 Å². The molecule has 0 nitrogen and oxygen atoms in total. The first-order chi connectivity index (χ1) is 6.57. The summed E-state index contributed by atoms with van der Waals surface area (Å²) in [6, 6.07) is 4.33. The lowest BCUT2D eigenvalue weighted by Crippen LogP contribution is -1.97. The minimum Gasteiger partial charge on any atom is -0.246 e. The quantitative estimate of drug-likeness (QED) is 0.688. The molecule has 0 unspecified atom stereocenters. The molecule has 1 rings (SSSR count). The number of allylic oxidation sites excluding steroid dienone is 1. The molecule has 0 aliphatic heterocycles. The van der Waals surface area contributed by atoms with Crippen LogP contribution in [0, 0.1) is 0 Å². The first kappa shape index (κ1) is 10.8. The van der Waals surface area contributed by atoms with Crippen LogP contribution in [0.15, 0.2) is 24.8 Å². The third-order valence-electron chi connectivity index (χ3n) is 2.04. The van der Waals surface area contributed by atoms with Gasteiger partial charge in [0.15, 0.2) is 0 Å². The molecule has 3 heteroatoms. The van der Waals surface area contributed by atoms with Gasteiger partial charge in [0.1, 0.15) is 6.67 Å². The highest BCUT2D eigenvalue weighted by atomic mass is 19.3. The molecule has 0 atom stereocenters. The van der Waals surface area contributed by atoms with Gasteiger partial charge in [-0.25, -0.2) is 13.2 Å². The second-order valence-electron chi connectivity index (χ2n) is 3.09. The molecule has 0 amide bonds. The zero-order valence-electron chi connectivity index (χ0n) is 7.86. The highest BCUT2D eigenvalue weighted by Crippen LogP contribution is 2.29. The van der Waals surface area contributed by atoms with Crippen molar-refractivity contribution in [3.05, 3.63) is 41.5 Å². The Morgan fingerprint density at radius 1 is 1.43 bits per heavy atom. The van der Waals surface area contributed by atoms with Crippen molar-refractivity contribution in [2.45, 2.75) is 20.0 Å². The summed E-state index contributed by atoms with van der Waals surface area (Å²) in [5.74, 6) is 0. The van der Waals surface area contributed by atoms with E-state index in [-0.39, 0.29) is 11.1 Å². The molecular formula is C11H11F3. The number of hydrogen-bond donors (Lipinski definition) is 0. The van der Waals surface area contributed by atoms with Gasteiger partial charge >= 0.3 is 0 Å². The molecule has 0 N–H and O–H groups in total. The number of halogens is 3. The van der Waals surface area contributed by atoms with Crippen LogP contribution in [0.2, 0.25) is 0 Å². The molecule has 0 bridgehead atoms. The number of alkyl halides is 3. The van der Waals surface area contributed by atoms with E-state index in [2.05, 4.69) is 6.58 Å². The lowest BCUT2D eigenvalue weighted by molar-refractivity contribution is 0.149. The van der Waals surface area contributed by atoms with E-state index in [1.54, 1.807) is 13.0 Å². The Morgan fingerprint density at radius 2 is 2.07 bits per heavy atom. The maximum Gasteiger partial charge on any atom is 0.264 e. The van der Waals surface area contributed by atoms with Gasteiger partial charge in [0.05, 0.1) is 0 Å². The van der Waals surface area contributed by atoms with Gasteiger partial charge in [0, 0.05) is 5.56 Å². The molecule has 0 fully saturated rings. The van der Waals surface area contributed by atoms with E-state index in [1.165, 1.54) is 12.1 Å². The third-order valence-corrected chi connectivity index (χ3v) is 2.04. The lowest BCUT2D eigenvalue weighted by atomic mass is 9.98. The van der Waals surface area contributed by atoms with E-state index in [0.717, 1.165) is 0 Å². The van der Waals surface area contributed by atoms with Crippen molar-refractivity contribution >= 4 is 5.57 Å². The van der Waals surface area contributed by atoms with Crippen LogP contribution in [0.3, 0.4) is 0 Å². The van der Waals surface area contributed by atoms with Crippen LogP contribution in [-0.2, 0) is 6.67 Å². The standard InChI is InChI=1S/C11H11F3/c1-7(2)8-4-3-5-9(11(13)14)10(8)6-12/h3-5,11H,1,6H2,2H3. The number of hydrogen-bond acceptors (Lipinski definition) is 0. The van der Waals surface area contributed by atoms with Crippen LogP contribution in [0.25, 0.3) is 5.57 Å². The Balaban J connectivity index is 3.32. The van der Waals surface area contributed by atoms with Crippen molar-refractivity contribution in [1.82, 2.24) is 0 Å².